The van der Waals surface area contributed by atoms with Gasteiger partial charge in [0.2, 0.25) is 0 Å². The second-order valence-electron chi connectivity index (χ2n) is 5.96. The van der Waals surface area contributed by atoms with E-state index in [2.05, 4.69) is 16.8 Å². The van der Waals surface area contributed by atoms with Crippen molar-refractivity contribution in [1.29, 1.82) is 0 Å². The lowest BCUT2D eigenvalue weighted by atomic mass is 9.96. The monoisotopic (exact) mass is 278 g/mol. The molecule has 2 rings (SSSR count). The van der Waals surface area contributed by atoms with Crippen molar-refractivity contribution in [2.75, 3.05) is 33.7 Å². The summed E-state index contributed by atoms with van der Waals surface area (Å²) in [6.45, 7) is 6.46. The number of piperazine rings is 1. The number of aryl methyl sites for hydroxylation is 2. The second kappa shape index (κ2) is 6.02. The Morgan fingerprint density at radius 2 is 2.00 bits per heavy atom. The third kappa shape index (κ3) is 3.25. The van der Waals surface area contributed by atoms with Crippen molar-refractivity contribution in [3.8, 4) is 0 Å². The first-order chi connectivity index (χ1) is 9.38. The summed E-state index contributed by atoms with van der Waals surface area (Å²) in [6.07, 6.45) is 0.377. The van der Waals surface area contributed by atoms with Crippen molar-refractivity contribution in [2.24, 2.45) is 0 Å². The number of Topliss-reactive ketones (excluding diaryl/α,β-unsaturated/α-hetero) is 1. The van der Waals surface area contributed by atoms with Crippen molar-refractivity contribution in [3.63, 3.8) is 0 Å². The zero-order valence-electron chi connectivity index (χ0n) is 12.7. The molecule has 110 valence electrons. The SMILES string of the molecule is Cc1cc(C)c(C(=O)CC2CN(C)CCN2C)c(F)c1. The van der Waals surface area contributed by atoms with Crippen molar-refractivity contribution in [3.05, 3.63) is 34.6 Å². The molecule has 1 heterocycles. The molecule has 1 aromatic rings. The number of nitrogens with zero attached hydrogens (tertiary/aromatic N) is 2. The van der Waals surface area contributed by atoms with Crippen LogP contribution in [-0.2, 0) is 0 Å². The molecule has 0 bridgehead atoms. The minimum Gasteiger partial charge on any atom is -0.304 e. The molecule has 1 atom stereocenters. The molecule has 1 aliphatic rings. The molecule has 0 radical (unpaired) electrons. The molecule has 1 saturated heterocycles. The fourth-order valence-electron chi connectivity index (χ4n) is 2.91. The minimum atomic E-state index is -0.390. The standard InChI is InChI=1S/C16H23FN2O/c1-11-7-12(2)16(14(17)8-11)15(20)9-13-10-18(3)5-6-19(13)4/h7-8,13H,5-6,9-10H2,1-4H3. The first kappa shape index (κ1) is 15.1. The Hall–Kier alpha value is -1.26. The molecule has 0 spiro atoms. The predicted molar refractivity (Wildman–Crippen MR) is 78.7 cm³/mol. The predicted octanol–water partition coefficient (Wildman–Crippen LogP) is 2.26. The molecule has 4 heteroatoms. The van der Waals surface area contributed by atoms with Crippen LogP contribution in [0.4, 0.5) is 4.39 Å². The Morgan fingerprint density at radius 3 is 2.65 bits per heavy atom. The molecule has 0 N–H and O–H groups in total. The zero-order chi connectivity index (χ0) is 14.9. The van der Waals surface area contributed by atoms with Gasteiger partial charge in [-0.15, -0.1) is 0 Å². The van der Waals surface area contributed by atoms with E-state index in [-0.39, 0.29) is 23.2 Å². The van der Waals surface area contributed by atoms with Crippen LogP contribution in [0.5, 0.6) is 0 Å². The molecule has 0 aromatic heterocycles. The minimum absolute atomic E-state index is 0.0906. The maximum Gasteiger partial charge on any atom is 0.167 e. The lowest BCUT2D eigenvalue weighted by Crippen LogP contribution is -2.50. The lowest BCUT2D eigenvalue weighted by molar-refractivity contribution is 0.0806. The highest BCUT2D eigenvalue weighted by atomic mass is 19.1. The number of carbonyl (C=O) groups is 1. The topological polar surface area (TPSA) is 23.6 Å². The maximum absolute atomic E-state index is 14.0. The van der Waals surface area contributed by atoms with Crippen molar-refractivity contribution in [2.45, 2.75) is 26.3 Å². The molecule has 1 unspecified atom stereocenters. The summed E-state index contributed by atoms with van der Waals surface area (Å²) in [7, 11) is 4.09. The number of benzene rings is 1. The van der Waals surface area contributed by atoms with E-state index < -0.39 is 0 Å². The van der Waals surface area contributed by atoms with Crippen molar-refractivity contribution in [1.82, 2.24) is 9.80 Å². The van der Waals surface area contributed by atoms with Gasteiger partial charge >= 0.3 is 0 Å². The average Bonchev–Trinajstić information content (AvgIpc) is 2.32. The van der Waals surface area contributed by atoms with Gasteiger partial charge in [0.25, 0.3) is 0 Å². The zero-order valence-corrected chi connectivity index (χ0v) is 12.7. The second-order valence-corrected chi connectivity index (χ2v) is 5.96. The molecule has 1 fully saturated rings. The molecule has 1 aliphatic heterocycles. The Kier molecular flexibility index (Phi) is 4.55. The number of ketones is 1. The van der Waals surface area contributed by atoms with Gasteiger partial charge in [-0.2, -0.15) is 0 Å². The number of carbonyl (C=O) groups excluding carboxylic acids is 1. The highest BCUT2D eigenvalue weighted by Gasteiger charge is 2.26. The van der Waals surface area contributed by atoms with E-state index in [1.807, 2.05) is 20.0 Å². The molecule has 1 aromatic carbocycles. The van der Waals surface area contributed by atoms with Gasteiger partial charge < -0.3 is 9.80 Å². The third-order valence-corrected chi connectivity index (χ3v) is 4.11. The van der Waals surface area contributed by atoms with E-state index >= 15 is 0 Å². The van der Waals surface area contributed by atoms with Crippen molar-refractivity contribution < 1.29 is 9.18 Å². The quantitative estimate of drug-likeness (QED) is 0.792. The fraction of sp³-hybridized carbons (Fsp3) is 0.562. The van der Waals surface area contributed by atoms with Crippen molar-refractivity contribution >= 4 is 5.78 Å². The Morgan fingerprint density at radius 1 is 1.30 bits per heavy atom. The van der Waals surface area contributed by atoms with Gasteiger partial charge in [-0.3, -0.25) is 4.79 Å². The summed E-state index contributed by atoms with van der Waals surface area (Å²) in [5.41, 5.74) is 1.85. The summed E-state index contributed by atoms with van der Waals surface area (Å²) in [5.74, 6) is -0.480. The van der Waals surface area contributed by atoms with Gasteiger partial charge in [0.05, 0.1) is 5.56 Å². The van der Waals surface area contributed by atoms with Gasteiger partial charge in [-0.1, -0.05) is 6.07 Å². The lowest BCUT2D eigenvalue weighted by Gasteiger charge is -2.37. The van der Waals surface area contributed by atoms with Crippen LogP contribution in [0.15, 0.2) is 12.1 Å². The fourth-order valence-corrected chi connectivity index (χ4v) is 2.91. The Bertz CT molecular complexity index is 492. The van der Waals surface area contributed by atoms with E-state index in [0.717, 1.165) is 30.8 Å². The van der Waals surface area contributed by atoms with Gasteiger partial charge in [0.15, 0.2) is 5.78 Å². The van der Waals surface area contributed by atoms with Gasteiger partial charge in [0, 0.05) is 32.1 Å². The molecule has 20 heavy (non-hydrogen) atoms. The molecule has 0 saturated carbocycles. The molecular weight excluding hydrogens is 255 g/mol. The van der Waals surface area contributed by atoms with E-state index in [0.29, 0.717) is 6.42 Å². The van der Waals surface area contributed by atoms with Crippen LogP contribution in [0.3, 0.4) is 0 Å². The highest BCUT2D eigenvalue weighted by molar-refractivity contribution is 5.98. The van der Waals surface area contributed by atoms with Crippen LogP contribution >= 0.6 is 0 Å². The van der Waals surface area contributed by atoms with Gasteiger partial charge in [-0.05, 0) is 45.1 Å². The first-order valence-electron chi connectivity index (χ1n) is 7.07. The molecule has 3 nitrogen and oxygen atoms in total. The van der Waals surface area contributed by atoms with E-state index in [1.54, 1.807) is 6.92 Å². The third-order valence-electron chi connectivity index (χ3n) is 4.11. The van der Waals surface area contributed by atoms with Crippen LogP contribution in [-0.4, -0.2) is 55.4 Å². The van der Waals surface area contributed by atoms with Crippen LogP contribution in [0.25, 0.3) is 0 Å². The van der Waals surface area contributed by atoms with Crippen LogP contribution < -0.4 is 0 Å². The summed E-state index contributed by atoms with van der Waals surface area (Å²) < 4.78 is 14.0. The summed E-state index contributed by atoms with van der Waals surface area (Å²) in [4.78, 5) is 16.8. The summed E-state index contributed by atoms with van der Waals surface area (Å²) in [5, 5.41) is 0. The summed E-state index contributed by atoms with van der Waals surface area (Å²) in [6, 6.07) is 3.48. The largest absolute Gasteiger partial charge is 0.304 e. The van der Waals surface area contributed by atoms with Crippen LogP contribution in [0.1, 0.15) is 27.9 Å². The number of likely N-dealkylation sites (N-methyl/N-ethyl adjacent to an activating group) is 2. The highest BCUT2D eigenvalue weighted by Crippen LogP contribution is 2.20. The normalized spacial score (nSPS) is 21.1. The Balaban J connectivity index is 2.16. The number of hydrogen-bond donors (Lipinski definition) is 0. The number of hydrogen-bond acceptors (Lipinski definition) is 3. The number of halogens is 1. The average molecular weight is 278 g/mol. The molecule has 0 amide bonds. The molecular formula is C16H23FN2O. The van der Waals surface area contributed by atoms with Crippen LogP contribution in [0.2, 0.25) is 0 Å². The molecule has 0 aliphatic carbocycles. The Labute approximate surface area is 120 Å². The van der Waals surface area contributed by atoms with Gasteiger partial charge in [0.1, 0.15) is 5.82 Å². The number of rotatable bonds is 3. The maximum atomic E-state index is 14.0. The summed E-state index contributed by atoms with van der Waals surface area (Å²) >= 11 is 0. The van der Waals surface area contributed by atoms with E-state index in [9.17, 15) is 9.18 Å². The van der Waals surface area contributed by atoms with E-state index in [4.69, 9.17) is 0 Å². The van der Waals surface area contributed by atoms with Crippen LogP contribution in [0, 0.1) is 19.7 Å². The van der Waals surface area contributed by atoms with E-state index in [1.165, 1.54) is 6.07 Å². The smallest absolute Gasteiger partial charge is 0.167 e. The first-order valence-corrected chi connectivity index (χ1v) is 7.07. The van der Waals surface area contributed by atoms with Gasteiger partial charge in [-0.25, -0.2) is 4.39 Å².